The first-order chi connectivity index (χ1) is 10.0. The Labute approximate surface area is 134 Å². The van der Waals surface area contributed by atoms with Crippen LogP contribution < -0.4 is 15.4 Å². The van der Waals surface area contributed by atoms with Gasteiger partial charge in [0.25, 0.3) is 11.8 Å². The number of benzene rings is 1. The molecule has 0 bridgehead atoms. The van der Waals surface area contributed by atoms with Gasteiger partial charge in [-0.05, 0) is 36.5 Å². The van der Waals surface area contributed by atoms with Crippen LogP contribution in [0.5, 0.6) is 5.75 Å². The Hall–Kier alpha value is -2.17. The zero-order valence-corrected chi connectivity index (χ0v) is 13.0. The van der Waals surface area contributed by atoms with Crippen molar-refractivity contribution in [3.8, 4) is 18.1 Å². The van der Waals surface area contributed by atoms with E-state index >= 15 is 0 Å². The molecule has 1 heterocycles. The first-order valence-corrected chi connectivity index (χ1v) is 6.95. The molecule has 1 saturated heterocycles. The predicted molar refractivity (Wildman–Crippen MR) is 85.3 cm³/mol. The zero-order chi connectivity index (χ0) is 15.4. The quantitative estimate of drug-likeness (QED) is 0.368. The van der Waals surface area contributed by atoms with Gasteiger partial charge in [0.1, 0.15) is 17.9 Å². The fraction of sp³-hybridized carbons (Fsp3) is 0.0714. The smallest absolute Gasteiger partial charge is 0.263 e. The maximum absolute atomic E-state index is 11.8. The van der Waals surface area contributed by atoms with E-state index in [9.17, 15) is 9.59 Å². The van der Waals surface area contributed by atoms with E-state index < -0.39 is 11.8 Å². The maximum Gasteiger partial charge on any atom is 0.263 e. The molecular weight excluding hydrogens is 356 g/mol. The highest BCUT2D eigenvalue weighted by Crippen LogP contribution is 2.26. The lowest BCUT2D eigenvalue weighted by Crippen LogP contribution is -2.51. The van der Waals surface area contributed by atoms with Crippen LogP contribution in [-0.4, -0.2) is 23.5 Å². The molecule has 0 unspecified atom stereocenters. The molecule has 1 aliphatic rings. The standard InChI is InChI=1S/C14H9BrN2O3S/c1-2-5-20-11-4-3-9(15)6-8(11)7-10-12(18)16-14(21)17-13(10)19/h1,3-4,6-7H,5H2,(H2,16,17,18,19,21). The first-order valence-electron chi connectivity index (χ1n) is 5.75. The van der Waals surface area contributed by atoms with E-state index in [1.807, 2.05) is 0 Å². The van der Waals surface area contributed by atoms with Gasteiger partial charge < -0.3 is 4.74 Å². The summed E-state index contributed by atoms with van der Waals surface area (Å²) >= 11 is 8.06. The van der Waals surface area contributed by atoms with Gasteiger partial charge in [0.2, 0.25) is 0 Å². The van der Waals surface area contributed by atoms with E-state index in [0.717, 1.165) is 4.47 Å². The Morgan fingerprint density at radius 3 is 2.62 bits per heavy atom. The van der Waals surface area contributed by atoms with Gasteiger partial charge in [-0.2, -0.15) is 0 Å². The molecule has 0 aromatic heterocycles. The fourth-order valence-corrected chi connectivity index (χ4v) is 2.21. The topological polar surface area (TPSA) is 67.4 Å². The molecule has 0 aliphatic carbocycles. The lowest BCUT2D eigenvalue weighted by Gasteiger charge is -2.17. The van der Waals surface area contributed by atoms with Gasteiger partial charge in [-0.3, -0.25) is 20.2 Å². The number of ether oxygens (including phenoxy) is 1. The number of terminal acetylenes is 1. The van der Waals surface area contributed by atoms with Crippen molar-refractivity contribution in [3.05, 3.63) is 33.8 Å². The Morgan fingerprint density at radius 2 is 2.00 bits per heavy atom. The number of thiocarbonyl (C=S) groups is 1. The minimum absolute atomic E-state index is 0.0137. The Bertz CT molecular complexity index is 685. The summed E-state index contributed by atoms with van der Waals surface area (Å²) in [6.45, 7) is 0.0836. The molecule has 2 amide bonds. The molecular formula is C14H9BrN2O3S. The van der Waals surface area contributed by atoms with Gasteiger partial charge >= 0.3 is 0 Å². The van der Waals surface area contributed by atoms with Crippen LogP contribution in [0.25, 0.3) is 6.08 Å². The molecule has 2 rings (SSSR count). The van der Waals surface area contributed by atoms with Gasteiger partial charge in [-0.15, -0.1) is 6.42 Å². The summed E-state index contributed by atoms with van der Waals surface area (Å²) in [6, 6.07) is 5.17. The summed E-state index contributed by atoms with van der Waals surface area (Å²) in [4.78, 5) is 23.6. The minimum atomic E-state index is -0.563. The van der Waals surface area contributed by atoms with E-state index in [2.05, 4.69) is 32.5 Å². The summed E-state index contributed by atoms with van der Waals surface area (Å²) in [6.07, 6.45) is 6.58. The second kappa shape index (κ2) is 6.52. The fourth-order valence-electron chi connectivity index (χ4n) is 1.64. The SMILES string of the molecule is C#CCOc1ccc(Br)cc1C=C1C(=O)NC(=S)NC1=O. The average Bonchev–Trinajstić information content (AvgIpc) is 2.42. The highest BCUT2D eigenvalue weighted by atomic mass is 79.9. The summed E-state index contributed by atoms with van der Waals surface area (Å²) in [5.41, 5.74) is 0.486. The largest absolute Gasteiger partial charge is 0.480 e. The molecule has 1 aliphatic heterocycles. The second-order valence-corrected chi connectivity index (χ2v) is 5.29. The Morgan fingerprint density at radius 1 is 1.33 bits per heavy atom. The number of carbonyl (C=O) groups is 2. The number of amides is 2. The van der Waals surface area contributed by atoms with E-state index in [0.29, 0.717) is 11.3 Å². The van der Waals surface area contributed by atoms with Gasteiger partial charge in [0, 0.05) is 10.0 Å². The summed E-state index contributed by atoms with van der Waals surface area (Å²) < 4.78 is 6.16. The normalized spacial score (nSPS) is 14.1. The summed E-state index contributed by atoms with van der Waals surface area (Å²) in [7, 11) is 0. The highest BCUT2D eigenvalue weighted by molar-refractivity contribution is 9.10. The number of halogens is 1. The van der Waals surface area contributed by atoms with Crippen molar-refractivity contribution in [2.24, 2.45) is 0 Å². The van der Waals surface area contributed by atoms with Crippen LogP contribution in [-0.2, 0) is 9.59 Å². The Kier molecular flexibility index (Phi) is 4.73. The monoisotopic (exact) mass is 364 g/mol. The lowest BCUT2D eigenvalue weighted by molar-refractivity contribution is -0.123. The molecule has 2 N–H and O–H groups in total. The van der Waals surface area contributed by atoms with Crippen LogP contribution >= 0.6 is 28.1 Å². The van der Waals surface area contributed by atoms with Crippen molar-refractivity contribution < 1.29 is 14.3 Å². The van der Waals surface area contributed by atoms with E-state index in [4.69, 9.17) is 23.4 Å². The van der Waals surface area contributed by atoms with E-state index in [-0.39, 0.29) is 17.3 Å². The van der Waals surface area contributed by atoms with Crippen molar-refractivity contribution in [2.45, 2.75) is 0 Å². The van der Waals surface area contributed by atoms with Crippen molar-refractivity contribution in [1.29, 1.82) is 0 Å². The van der Waals surface area contributed by atoms with Crippen molar-refractivity contribution >= 4 is 51.2 Å². The molecule has 0 spiro atoms. The molecule has 0 radical (unpaired) electrons. The number of hydrogen-bond donors (Lipinski definition) is 2. The minimum Gasteiger partial charge on any atom is -0.480 e. The van der Waals surface area contributed by atoms with Gasteiger partial charge in [0.05, 0.1) is 0 Å². The van der Waals surface area contributed by atoms with E-state index in [1.54, 1.807) is 18.2 Å². The molecule has 0 atom stereocenters. The number of nitrogens with one attached hydrogen (secondary N) is 2. The van der Waals surface area contributed by atoms with E-state index in [1.165, 1.54) is 6.08 Å². The van der Waals surface area contributed by atoms with Crippen LogP contribution in [0.3, 0.4) is 0 Å². The highest BCUT2D eigenvalue weighted by Gasteiger charge is 2.26. The van der Waals surface area contributed by atoms with Crippen molar-refractivity contribution in [1.82, 2.24) is 10.6 Å². The van der Waals surface area contributed by atoms with Crippen molar-refractivity contribution in [3.63, 3.8) is 0 Å². The summed E-state index contributed by atoms with van der Waals surface area (Å²) in [5, 5.41) is 4.72. The third-order valence-corrected chi connectivity index (χ3v) is 3.22. The van der Waals surface area contributed by atoms with Gasteiger partial charge in [-0.25, -0.2) is 0 Å². The summed E-state index contributed by atoms with van der Waals surface area (Å²) in [5.74, 6) is 1.70. The van der Waals surface area contributed by atoms with Crippen LogP contribution in [0, 0.1) is 12.3 Å². The molecule has 1 aromatic carbocycles. The molecule has 21 heavy (non-hydrogen) atoms. The average molecular weight is 365 g/mol. The van der Waals surface area contributed by atoms with Crippen LogP contribution in [0.2, 0.25) is 0 Å². The molecule has 7 heteroatoms. The molecule has 106 valence electrons. The number of carbonyl (C=O) groups excluding carboxylic acids is 2. The Balaban J connectivity index is 2.41. The lowest BCUT2D eigenvalue weighted by atomic mass is 10.1. The molecule has 5 nitrogen and oxygen atoms in total. The van der Waals surface area contributed by atoms with Crippen LogP contribution in [0.15, 0.2) is 28.2 Å². The van der Waals surface area contributed by atoms with Gasteiger partial charge in [-0.1, -0.05) is 21.9 Å². The molecule has 1 fully saturated rings. The van der Waals surface area contributed by atoms with Crippen molar-refractivity contribution in [2.75, 3.05) is 6.61 Å². The number of rotatable bonds is 3. The number of hydrogen-bond acceptors (Lipinski definition) is 4. The van der Waals surface area contributed by atoms with Crippen LogP contribution in [0.4, 0.5) is 0 Å². The predicted octanol–water partition coefficient (Wildman–Crippen LogP) is 1.38. The first kappa shape index (κ1) is 15.2. The third kappa shape index (κ3) is 3.68. The second-order valence-electron chi connectivity index (χ2n) is 3.97. The molecule has 0 saturated carbocycles. The van der Waals surface area contributed by atoms with Gasteiger partial charge in [0.15, 0.2) is 5.11 Å². The van der Waals surface area contributed by atoms with Crippen LogP contribution in [0.1, 0.15) is 5.56 Å². The zero-order valence-electron chi connectivity index (χ0n) is 10.6. The molecule has 1 aromatic rings. The third-order valence-electron chi connectivity index (χ3n) is 2.53. The maximum atomic E-state index is 11.8.